The molecule has 7 heteroatoms. The Labute approximate surface area is 111 Å². The number of alkyl halides is 2. The number of benzene rings is 1. The normalized spacial score (nSPS) is 19.4. The molecule has 1 atom stereocenters. The van der Waals surface area contributed by atoms with Crippen molar-refractivity contribution in [2.75, 3.05) is 0 Å². The van der Waals surface area contributed by atoms with Crippen molar-refractivity contribution < 1.29 is 23.0 Å². The molecule has 0 amide bonds. The summed E-state index contributed by atoms with van der Waals surface area (Å²) in [7, 11) is 0. The molecular formula is C11H6Cl2F2O3. The first kappa shape index (κ1) is 13.1. The van der Waals surface area contributed by atoms with E-state index in [4.69, 9.17) is 27.9 Å². The van der Waals surface area contributed by atoms with E-state index in [0.717, 1.165) is 0 Å². The van der Waals surface area contributed by atoms with Gasteiger partial charge in [-0.1, -0.05) is 35.3 Å². The molecule has 0 bridgehead atoms. The Morgan fingerprint density at radius 3 is 2.28 bits per heavy atom. The number of halogens is 4. The number of hydrogen-bond acceptors (Lipinski definition) is 3. The molecule has 1 aromatic carbocycles. The Hall–Kier alpha value is -1.33. The Morgan fingerprint density at radius 1 is 1.22 bits per heavy atom. The molecule has 1 heterocycles. The molecule has 2 rings (SSSR count). The summed E-state index contributed by atoms with van der Waals surface area (Å²) in [5.74, 6) is -0.705. The lowest BCUT2D eigenvalue weighted by molar-refractivity contribution is -0.139. The van der Waals surface area contributed by atoms with Crippen LogP contribution in [0.5, 0.6) is 5.75 Å². The standard InChI is InChI=1S/C11H6Cl2F2O3/c12-7-8(13)10(16)18-9(7)5-1-3-6(4-2-5)17-11(14)15/h1-4,9,11H. The number of rotatable bonds is 3. The van der Waals surface area contributed by atoms with Gasteiger partial charge in [0.2, 0.25) is 0 Å². The van der Waals surface area contributed by atoms with Gasteiger partial charge in [-0.15, -0.1) is 0 Å². The lowest BCUT2D eigenvalue weighted by atomic mass is 10.1. The third-order valence-electron chi connectivity index (χ3n) is 2.25. The first-order chi connectivity index (χ1) is 8.49. The van der Waals surface area contributed by atoms with Gasteiger partial charge in [0.05, 0.1) is 5.03 Å². The van der Waals surface area contributed by atoms with E-state index in [-0.39, 0.29) is 15.8 Å². The largest absolute Gasteiger partial charge is 0.447 e. The van der Waals surface area contributed by atoms with E-state index in [1.165, 1.54) is 24.3 Å². The number of cyclic esters (lactones) is 1. The summed E-state index contributed by atoms with van der Waals surface area (Å²) in [6.07, 6.45) is -0.799. The minimum Gasteiger partial charge on any atom is -0.447 e. The van der Waals surface area contributed by atoms with Crippen LogP contribution >= 0.6 is 23.2 Å². The molecule has 1 aromatic rings. The van der Waals surface area contributed by atoms with Gasteiger partial charge in [-0.3, -0.25) is 0 Å². The second-order valence-electron chi connectivity index (χ2n) is 3.39. The average molecular weight is 295 g/mol. The molecule has 96 valence electrons. The van der Waals surface area contributed by atoms with Gasteiger partial charge >= 0.3 is 12.6 Å². The zero-order chi connectivity index (χ0) is 13.3. The fraction of sp³-hybridized carbons (Fsp3) is 0.182. The highest BCUT2D eigenvalue weighted by atomic mass is 35.5. The molecule has 0 radical (unpaired) electrons. The van der Waals surface area contributed by atoms with E-state index in [1.54, 1.807) is 0 Å². The van der Waals surface area contributed by atoms with E-state index >= 15 is 0 Å². The molecule has 1 aliphatic heterocycles. The summed E-state index contributed by atoms with van der Waals surface area (Å²) in [5, 5.41) is -0.0984. The highest BCUT2D eigenvalue weighted by molar-refractivity contribution is 6.48. The fourth-order valence-corrected chi connectivity index (χ4v) is 1.85. The van der Waals surface area contributed by atoms with Crippen LogP contribution < -0.4 is 4.74 Å². The topological polar surface area (TPSA) is 35.5 Å². The maximum atomic E-state index is 11.9. The summed E-state index contributed by atoms with van der Waals surface area (Å²) >= 11 is 11.4. The summed E-state index contributed by atoms with van der Waals surface area (Å²) in [5.41, 5.74) is 0.519. The van der Waals surface area contributed by atoms with Crippen LogP contribution in [-0.2, 0) is 9.53 Å². The molecule has 0 fully saturated rings. The fourth-order valence-electron chi connectivity index (χ4n) is 1.46. The predicted molar refractivity (Wildman–Crippen MR) is 60.6 cm³/mol. The van der Waals surface area contributed by atoms with Gasteiger partial charge in [-0.05, 0) is 17.7 Å². The van der Waals surface area contributed by atoms with E-state index in [9.17, 15) is 13.6 Å². The molecule has 0 saturated heterocycles. The summed E-state index contributed by atoms with van der Waals surface area (Å²) in [4.78, 5) is 11.2. The zero-order valence-electron chi connectivity index (χ0n) is 8.70. The van der Waals surface area contributed by atoms with E-state index in [2.05, 4.69) is 4.74 Å². The Morgan fingerprint density at radius 2 is 1.83 bits per heavy atom. The highest BCUT2D eigenvalue weighted by Gasteiger charge is 2.33. The minimum atomic E-state index is -2.89. The van der Waals surface area contributed by atoms with Gasteiger partial charge in [0.15, 0.2) is 6.10 Å². The first-order valence-electron chi connectivity index (χ1n) is 4.80. The van der Waals surface area contributed by atoms with Crippen molar-refractivity contribution in [2.45, 2.75) is 12.7 Å². The Bertz CT molecular complexity index is 500. The molecule has 0 aliphatic carbocycles. The highest BCUT2D eigenvalue weighted by Crippen LogP contribution is 2.39. The number of esters is 1. The van der Waals surface area contributed by atoms with Crippen LogP contribution in [0.3, 0.4) is 0 Å². The van der Waals surface area contributed by atoms with Gasteiger partial charge in [-0.25, -0.2) is 4.79 Å². The Kier molecular flexibility index (Phi) is 3.73. The Balaban J connectivity index is 2.19. The zero-order valence-corrected chi connectivity index (χ0v) is 10.2. The van der Waals surface area contributed by atoms with Crippen LogP contribution in [0, 0.1) is 0 Å². The minimum absolute atomic E-state index is 0.00396. The van der Waals surface area contributed by atoms with Crippen molar-refractivity contribution in [3.63, 3.8) is 0 Å². The molecule has 0 aromatic heterocycles. The molecular weight excluding hydrogens is 289 g/mol. The van der Waals surface area contributed by atoms with Crippen molar-refractivity contribution >= 4 is 29.2 Å². The van der Waals surface area contributed by atoms with Crippen molar-refractivity contribution in [1.29, 1.82) is 0 Å². The maximum Gasteiger partial charge on any atom is 0.387 e. The lowest BCUT2D eigenvalue weighted by Crippen LogP contribution is -2.04. The van der Waals surface area contributed by atoms with Gasteiger partial charge < -0.3 is 9.47 Å². The van der Waals surface area contributed by atoms with E-state index < -0.39 is 18.7 Å². The van der Waals surface area contributed by atoms with Gasteiger partial charge in [0, 0.05) is 0 Å². The second kappa shape index (κ2) is 5.12. The molecule has 3 nitrogen and oxygen atoms in total. The van der Waals surface area contributed by atoms with Gasteiger partial charge in [-0.2, -0.15) is 8.78 Å². The third-order valence-corrected chi connectivity index (χ3v) is 3.09. The molecule has 0 spiro atoms. The lowest BCUT2D eigenvalue weighted by Gasteiger charge is -2.11. The van der Waals surface area contributed by atoms with Crippen LogP contribution in [0.25, 0.3) is 0 Å². The van der Waals surface area contributed by atoms with E-state index in [0.29, 0.717) is 5.56 Å². The predicted octanol–water partition coefficient (Wildman–Crippen LogP) is 3.58. The number of ether oxygens (including phenoxy) is 2. The summed E-state index contributed by atoms with van der Waals surface area (Å²) in [6.45, 7) is -2.89. The van der Waals surface area contributed by atoms with Crippen molar-refractivity contribution in [3.8, 4) is 5.75 Å². The molecule has 0 N–H and O–H groups in total. The van der Waals surface area contributed by atoms with Crippen molar-refractivity contribution in [3.05, 3.63) is 39.9 Å². The molecule has 1 aliphatic rings. The van der Waals surface area contributed by atoms with Crippen LogP contribution in [-0.4, -0.2) is 12.6 Å². The van der Waals surface area contributed by atoms with E-state index in [1.807, 2.05) is 0 Å². The van der Waals surface area contributed by atoms with Gasteiger partial charge in [0.25, 0.3) is 0 Å². The summed E-state index contributed by atoms with van der Waals surface area (Å²) in [6, 6.07) is 5.58. The number of hydrogen-bond donors (Lipinski definition) is 0. The van der Waals surface area contributed by atoms with Crippen LogP contribution in [0.15, 0.2) is 34.3 Å². The summed E-state index contributed by atoms with van der Waals surface area (Å²) < 4.78 is 33.0. The number of carbonyl (C=O) groups excluding carboxylic acids is 1. The van der Waals surface area contributed by atoms with Crippen LogP contribution in [0.2, 0.25) is 0 Å². The number of carbonyl (C=O) groups is 1. The molecule has 1 unspecified atom stereocenters. The smallest absolute Gasteiger partial charge is 0.387 e. The van der Waals surface area contributed by atoms with Crippen LogP contribution in [0.1, 0.15) is 11.7 Å². The monoisotopic (exact) mass is 294 g/mol. The maximum absolute atomic E-state index is 11.9. The quantitative estimate of drug-likeness (QED) is 0.800. The average Bonchev–Trinajstić information content (AvgIpc) is 2.57. The first-order valence-corrected chi connectivity index (χ1v) is 5.55. The SMILES string of the molecule is O=C1OC(c2ccc(OC(F)F)cc2)C(Cl)=C1Cl. The molecule has 0 saturated carbocycles. The van der Waals surface area contributed by atoms with Crippen LogP contribution in [0.4, 0.5) is 8.78 Å². The second-order valence-corrected chi connectivity index (χ2v) is 4.18. The van der Waals surface area contributed by atoms with Crippen molar-refractivity contribution in [1.82, 2.24) is 0 Å². The van der Waals surface area contributed by atoms with Crippen molar-refractivity contribution in [2.24, 2.45) is 0 Å². The third kappa shape index (κ3) is 2.57. The van der Waals surface area contributed by atoms with Gasteiger partial charge in [0.1, 0.15) is 10.8 Å². The molecule has 18 heavy (non-hydrogen) atoms.